The van der Waals surface area contributed by atoms with Crippen molar-refractivity contribution in [3.8, 4) is 0 Å². The van der Waals surface area contributed by atoms with Gasteiger partial charge < -0.3 is 0 Å². The first-order valence-electron chi connectivity index (χ1n) is 4.99. The van der Waals surface area contributed by atoms with Crippen LogP contribution in [0.4, 0.5) is 0 Å². The Morgan fingerprint density at radius 2 is 2.14 bits per heavy atom. The molecule has 2 rings (SSSR count). The third-order valence-electron chi connectivity index (χ3n) is 2.93. The predicted molar refractivity (Wildman–Crippen MR) is 57.9 cm³/mol. The molecular weight excluding hydrogens is 196 g/mol. The van der Waals surface area contributed by atoms with Crippen molar-refractivity contribution in [1.29, 1.82) is 0 Å². The maximum atomic E-state index is 11.8. The van der Waals surface area contributed by atoms with Gasteiger partial charge >= 0.3 is 0 Å². The van der Waals surface area contributed by atoms with Crippen molar-refractivity contribution in [3.63, 3.8) is 0 Å². The Morgan fingerprint density at radius 1 is 1.43 bits per heavy atom. The predicted octanol–water partition coefficient (Wildman–Crippen LogP) is 3.63. The van der Waals surface area contributed by atoms with Crippen LogP contribution >= 0.6 is 11.6 Å². The van der Waals surface area contributed by atoms with Crippen molar-refractivity contribution >= 4 is 17.4 Å². The van der Waals surface area contributed by atoms with E-state index < -0.39 is 0 Å². The summed E-state index contributed by atoms with van der Waals surface area (Å²) < 4.78 is 0. The highest BCUT2D eigenvalue weighted by atomic mass is 35.5. The van der Waals surface area contributed by atoms with E-state index in [1.165, 1.54) is 6.42 Å². The van der Waals surface area contributed by atoms with Crippen LogP contribution in [0, 0.1) is 12.8 Å². The summed E-state index contributed by atoms with van der Waals surface area (Å²) >= 11 is 5.97. The lowest BCUT2D eigenvalue weighted by atomic mass is 9.80. The lowest BCUT2D eigenvalue weighted by Gasteiger charge is -2.23. The summed E-state index contributed by atoms with van der Waals surface area (Å²) in [7, 11) is 0. The monoisotopic (exact) mass is 208 g/mol. The van der Waals surface area contributed by atoms with Crippen LogP contribution in [-0.2, 0) is 0 Å². The van der Waals surface area contributed by atoms with Crippen molar-refractivity contribution in [2.45, 2.75) is 26.2 Å². The Morgan fingerprint density at radius 3 is 2.64 bits per heavy atom. The number of carbonyl (C=O) groups excluding carboxylic acids is 1. The standard InChI is InChI=1S/C12H13ClO/c1-8-5-6-10(7-11(8)13)12(14)9-3-2-4-9/h5-7,9H,2-4H2,1H3. The Bertz CT molecular complexity index is 367. The molecule has 0 aliphatic heterocycles. The summed E-state index contributed by atoms with van der Waals surface area (Å²) in [5, 5.41) is 0.690. The van der Waals surface area contributed by atoms with Gasteiger partial charge in [0.1, 0.15) is 0 Å². The lowest BCUT2D eigenvalue weighted by molar-refractivity contribution is 0.0855. The van der Waals surface area contributed by atoms with Crippen LogP contribution in [0.1, 0.15) is 35.2 Å². The fourth-order valence-corrected chi connectivity index (χ4v) is 1.83. The Balaban J connectivity index is 2.23. The molecule has 1 fully saturated rings. The lowest BCUT2D eigenvalue weighted by Crippen LogP contribution is -2.21. The maximum absolute atomic E-state index is 11.8. The van der Waals surface area contributed by atoms with Crippen molar-refractivity contribution in [3.05, 3.63) is 34.3 Å². The molecule has 74 valence electrons. The number of carbonyl (C=O) groups is 1. The molecule has 0 bridgehead atoms. The number of rotatable bonds is 2. The Labute approximate surface area is 89.1 Å². The number of halogens is 1. The van der Waals surface area contributed by atoms with E-state index in [0.29, 0.717) is 5.02 Å². The first-order chi connectivity index (χ1) is 6.68. The zero-order valence-corrected chi connectivity index (χ0v) is 8.97. The van der Waals surface area contributed by atoms with Gasteiger partial charge in [-0.2, -0.15) is 0 Å². The number of aryl methyl sites for hydroxylation is 1. The van der Waals surface area contributed by atoms with E-state index in [1.807, 2.05) is 19.1 Å². The van der Waals surface area contributed by atoms with Crippen molar-refractivity contribution in [1.82, 2.24) is 0 Å². The highest BCUT2D eigenvalue weighted by molar-refractivity contribution is 6.31. The molecule has 0 atom stereocenters. The molecule has 2 heteroatoms. The van der Waals surface area contributed by atoms with Gasteiger partial charge in [-0.05, 0) is 31.4 Å². The average Bonchev–Trinajstić information content (AvgIpc) is 2.06. The molecule has 1 saturated carbocycles. The first-order valence-corrected chi connectivity index (χ1v) is 5.36. The van der Waals surface area contributed by atoms with Crippen molar-refractivity contribution < 1.29 is 4.79 Å². The molecule has 1 aliphatic rings. The van der Waals surface area contributed by atoms with Gasteiger partial charge in [-0.1, -0.05) is 30.2 Å². The molecule has 0 spiro atoms. The van der Waals surface area contributed by atoms with Crippen molar-refractivity contribution in [2.24, 2.45) is 5.92 Å². The zero-order chi connectivity index (χ0) is 10.1. The van der Waals surface area contributed by atoms with Gasteiger partial charge in [-0.15, -0.1) is 0 Å². The fraction of sp³-hybridized carbons (Fsp3) is 0.417. The van der Waals surface area contributed by atoms with Crippen LogP contribution in [0.15, 0.2) is 18.2 Å². The summed E-state index contributed by atoms with van der Waals surface area (Å²) in [5.41, 5.74) is 1.79. The molecule has 1 aromatic carbocycles. The van der Waals surface area contributed by atoms with Gasteiger partial charge in [0, 0.05) is 16.5 Å². The van der Waals surface area contributed by atoms with E-state index in [0.717, 1.165) is 24.0 Å². The molecule has 0 amide bonds. The van der Waals surface area contributed by atoms with E-state index in [9.17, 15) is 4.79 Å². The molecule has 1 aliphatic carbocycles. The average molecular weight is 209 g/mol. The van der Waals surface area contributed by atoms with Crippen LogP contribution in [0.25, 0.3) is 0 Å². The molecule has 1 aromatic rings. The third-order valence-corrected chi connectivity index (χ3v) is 3.34. The molecular formula is C12H13ClO. The van der Waals surface area contributed by atoms with Crippen molar-refractivity contribution in [2.75, 3.05) is 0 Å². The molecule has 0 aromatic heterocycles. The van der Waals surface area contributed by atoms with Crippen LogP contribution in [0.3, 0.4) is 0 Å². The minimum absolute atomic E-state index is 0.258. The van der Waals surface area contributed by atoms with Gasteiger partial charge in [0.25, 0.3) is 0 Å². The van der Waals surface area contributed by atoms with Crippen LogP contribution in [0.5, 0.6) is 0 Å². The number of hydrogen-bond donors (Lipinski definition) is 0. The third kappa shape index (κ3) is 1.69. The number of hydrogen-bond acceptors (Lipinski definition) is 1. The highest BCUT2D eigenvalue weighted by Gasteiger charge is 2.26. The minimum Gasteiger partial charge on any atom is -0.294 e. The van der Waals surface area contributed by atoms with Gasteiger partial charge in [0.2, 0.25) is 0 Å². The van der Waals surface area contributed by atoms with Gasteiger partial charge in [-0.3, -0.25) is 4.79 Å². The molecule has 0 saturated heterocycles. The molecule has 0 N–H and O–H groups in total. The quantitative estimate of drug-likeness (QED) is 0.679. The van der Waals surface area contributed by atoms with E-state index >= 15 is 0 Å². The second-order valence-corrected chi connectivity index (χ2v) is 4.36. The van der Waals surface area contributed by atoms with E-state index in [2.05, 4.69) is 0 Å². The summed E-state index contributed by atoms with van der Waals surface area (Å²) in [6.07, 6.45) is 3.28. The second-order valence-electron chi connectivity index (χ2n) is 3.96. The molecule has 0 radical (unpaired) electrons. The molecule has 0 unspecified atom stereocenters. The number of Topliss-reactive ketones (excluding diaryl/α,β-unsaturated/α-hetero) is 1. The Hall–Kier alpha value is -0.820. The second kappa shape index (κ2) is 3.74. The number of benzene rings is 1. The highest BCUT2D eigenvalue weighted by Crippen LogP contribution is 2.30. The Kier molecular flexibility index (Phi) is 2.60. The van der Waals surface area contributed by atoms with E-state index in [-0.39, 0.29) is 11.7 Å². The van der Waals surface area contributed by atoms with Crippen LogP contribution in [0.2, 0.25) is 5.02 Å². The fourth-order valence-electron chi connectivity index (χ4n) is 1.65. The molecule has 14 heavy (non-hydrogen) atoms. The van der Waals surface area contributed by atoms with Gasteiger partial charge in [-0.25, -0.2) is 0 Å². The van der Waals surface area contributed by atoms with Gasteiger partial charge in [0.05, 0.1) is 0 Å². The smallest absolute Gasteiger partial charge is 0.165 e. The zero-order valence-electron chi connectivity index (χ0n) is 8.22. The minimum atomic E-state index is 0.258. The normalized spacial score (nSPS) is 16.4. The largest absolute Gasteiger partial charge is 0.294 e. The first kappa shape index (κ1) is 9.72. The topological polar surface area (TPSA) is 17.1 Å². The summed E-state index contributed by atoms with van der Waals surface area (Å²) in [4.78, 5) is 11.8. The summed E-state index contributed by atoms with van der Waals surface area (Å²) in [6.45, 7) is 1.94. The molecule has 0 heterocycles. The van der Waals surface area contributed by atoms with Crippen LogP contribution < -0.4 is 0 Å². The van der Waals surface area contributed by atoms with Gasteiger partial charge in [0.15, 0.2) is 5.78 Å². The molecule has 1 nitrogen and oxygen atoms in total. The SMILES string of the molecule is Cc1ccc(C(=O)C2CCC2)cc1Cl. The van der Waals surface area contributed by atoms with E-state index in [1.54, 1.807) is 6.07 Å². The summed E-state index contributed by atoms with van der Waals surface area (Å²) in [6, 6.07) is 5.58. The number of ketones is 1. The maximum Gasteiger partial charge on any atom is 0.165 e. The van der Waals surface area contributed by atoms with Crippen LogP contribution in [-0.4, -0.2) is 5.78 Å². The van der Waals surface area contributed by atoms with E-state index in [4.69, 9.17) is 11.6 Å². The summed E-state index contributed by atoms with van der Waals surface area (Å²) in [5.74, 6) is 0.520.